The number of carbonyl (C=O) groups excluding carboxylic acids is 1. The summed E-state index contributed by atoms with van der Waals surface area (Å²) >= 11 is 2.36. The maximum atomic E-state index is 12.8. The van der Waals surface area contributed by atoms with Crippen molar-refractivity contribution in [2.24, 2.45) is 0 Å². The van der Waals surface area contributed by atoms with Gasteiger partial charge in [0.25, 0.3) is 15.9 Å². The number of thiophene rings is 1. The second-order valence-electron chi connectivity index (χ2n) is 5.75. The molecule has 1 amide bonds. The third kappa shape index (κ3) is 2.32. The molecule has 0 aromatic carbocycles. The first-order chi connectivity index (χ1) is 11.0. The van der Waals surface area contributed by atoms with Crippen molar-refractivity contribution in [3.63, 3.8) is 0 Å². The predicted molar refractivity (Wildman–Crippen MR) is 86.0 cm³/mol. The monoisotopic (exact) mass is 370 g/mol. The lowest BCUT2D eigenvalue weighted by Crippen LogP contribution is -2.63. The van der Waals surface area contributed by atoms with Crippen molar-refractivity contribution >= 4 is 38.8 Å². The summed E-state index contributed by atoms with van der Waals surface area (Å²) in [5, 5.41) is 7.19. The van der Waals surface area contributed by atoms with Crippen molar-refractivity contribution in [1.82, 2.24) is 18.8 Å². The second-order valence-corrected chi connectivity index (χ2v) is 9.40. The van der Waals surface area contributed by atoms with Gasteiger partial charge in [-0.25, -0.2) is 8.42 Å². The van der Waals surface area contributed by atoms with Crippen molar-refractivity contribution < 1.29 is 13.2 Å². The van der Waals surface area contributed by atoms with E-state index in [1.165, 1.54) is 11.3 Å². The van der Waals surface area contributed by atoms with Crippen LogP contribution in [-0.2, 0) is 10.0 Å². The summed E-state index contributed by atoms with van der Waals surface area (Å²) in [6.45, 7) is 1.49. The molecule has 0 aliphatic carbocycles. The molecule has 10 heteroatoms. The van der Waals surface area contributed by atoms with Gasteiger partial charge in [0.05, 0.1) is 5.54 Å². The average Bonchev–Trinajstić information content (AvgIpc) is 3.25. The second kappa shape index (κ2) is 5.33. The Morgan fingerprint density at radius 2 is 2.13 bits per heavy atom. The fourth-order valence-electron chi connectivity index (χ4n) is 3.27. The summed E-state index contributed by atoms with van der Waals surface area (Å²) < 4.78 is 31.2. The highest BCUT2D eigenvalue weighted by Crippen LogP contribution is 2.43. The molecule has 2 aromatic heterocycles. The van der Waals surface area contributed by atoms with Crippen molar-refractivity contribution in [3.8, 4) is 0 Å². The molecule has 2 fully saturated rings. The van der Waals surface area contributed by atoms with Gasteiger partial charge in [0.1, 0.15) is 4.21 Å². The number of likely N-dealkylation sites (tertiary alicyclic amines) is 1. The summed E-state index contributed by atoms with van der Waals surface area (Å²) in [4.78, 5) is 14.1. The molecular weight excluding hydrogens is 356 g/mol. The fraction of sp³-hybridized carbons (Fsp3) is 0.462. The van der Waals surface area contributed by atoms with E-state index in [0.717, 1.165) is 18.0 Å². The summed E-state index contributed by atoms with van der Waals surface area (Å²) in [5.74, 6) is -0.170. The normalized spacial score (nSPS) is 25.0. The topological polar surface area (TPSA) is 83.5 Å². The van der Waals surface area contributed by atoms with Crippen LogP contribution in [0.25, 0.3) is 0 Å². The first-order valence-electron chi connectivity index (χ1n) is 7.16. The van der Waals surface area contributed by atoms with E-state index in [1.807, 2.05) is 0 Å². The van der Waals surface area contributed by atoms with E-state index in [9.17, 15) is 13.2 Å². The summed E-state index contributed by atoms with van der Waals surface area (Å²) in [6.07, 6.45) is 1.46. The highest BCUT2D eigenvalue weighted by molar-refractivity contribution is 7.91. The molecule has 1 atom stereocenters. The molecule has 122 valence electrons. The van der Waals surface area contributed by atoms with Crippen LogP contribution in [0.4, 0.5) is 0 Å². The Bertz CT molecular complexity index is 819. The molecule has 4 heterocycles. The molecule has 1 spiro atoms. The number of hydrogen-bond donors (Lipinski definition) is 0. The van der Waals surface area contributed by atoms with Crippen LogP contribution >= 0.6 is 22.9 Å². The zero-order chi connectivity index (χ0) is 16.1. The Morgan fingerprint density at radius 1 is 1.30 bits per heavy atom. The largest absolute Gasteiger partial charge is 0.335 e. The van der Waals surface area contributed by atoms with Gasteiger partial charge >= 0.3 is 0 Å². The standard InChI is InChI=1S/C13H14N4O3S3/c18-12(10-8-22-15-14-10)16-5-3-13(9-16)4-6-17(13)23(19,20)11-2-1-7-21-11/h1-2,7-8H,3-6,9H2. The number of sulfonamides is 1. The molecule has 2 aliphatic rings. The van der Waals surface area contributed by atoms with E-state index in [-0.39, 0.29) is 5.91 Å². The molecule has 0 bridgehead atoms. The number of carbonyl (C=O) groups is 1. The maximum absolute atomic E-state index is 12.8. The molecule has 7 nitrogen and oxygen atoms in total. The van der Waals surface area contributed by atoms with Gasteiger partial charge in [-0.15, -0.1) is 16.4 Å². The van der Waals surface area contributed by atoms with E-state index in [0.29, 0.717) is 36.0 Å². The van der Waals surface area contributed by atoms with Crippen molar-refractivity contribution in [1.29, 1.82) is 0 Å². The summed E-state index contributed by atoms with van der Waals surface area (Å²) in [5.41, 5.74) is -0.124. The number of nitrogens with zero attached hydrogens (tertiary/aromatic N) is 4. The van der Waals surface area contributed by atoms with Gasteiger partial charge in [-0.2, -0.15) is 4.31 Å². The number of rotatable bonds is 3. The lowest BCUT2D eigenvalue weighted by molar-refractivity contribution is 0.0621. The zero-order valence-corrected chi connectivity index (χ0v) is 14.5. The Morgan fingerprint density at radius 3 is 2.74 bits per heavy atom. The SMILES string of the molecule is O=C(c1csnn1)N1CCC2(CCN2S(=O)(=O)c2cccs2)C1. The van der Waals surface area contributed by atoms with Crippen LogP contribution in [0.3, 0.4) is 0 Å². The molecule has 1 unspecified atom stereocenters. The minimum Gasteiger partial charge on any atom is -0.335 e. The van der Waals surface area contributed by atoms with Gasteiger partial charge < -0.3 is 4.90 Å². The Kier molecular flexibility index (Phi) is 3.52. The third-order valence-corrected chi connectivity index (χ3v) is 8.43. The Labute approximate surface area is 141 Å². The van der Waals surface area contributed by atoms with E-state index in [4.69, 9.17) is 0 Å². The minimum atomic E-state index is -3.47. The first kappa shape index (κ1) is 15.2. The maximum Gasteiger partial charge on any atom is 0.275 e. The smallest absolute Gasteiger partial charge is 0.275 e. The summed E-state index contributed by atoms with van der Waals surface area (Å²) in [7, 11) is -3.47. The van der Waals surface area contributed by atoms with Gasteiger partial charge in [0.2, 0.25) is 0 Å². The lowest BCUT2D eigenvalue weighted by Gasteiger charge is -2.48. The average molecular weight is 370 g/mol. The highest BCUT2D eigenvalue weighted by Gasteiger charge is 2.55. The van der Waals surface area contributed by atoms with E-state index in [2.05, 4.69) is 9.59 Å². The van der Waals surface area contributed by atoms with Crippen LogP contribution < -0.4 is 0 Å². The number of hydrogen-bond acceptors (Lipinski definition) is 7. The van der Waals surface area contributed by atoms with Gasteiger partial charge in [-0.1, -0.05) is 10.6 Å². The Hall–Kier alpha value is -1.36. The van der Waals surface area contributed by atoms with Crippen LogP contribution in [-0.4, -0.2) is 58.3 Å². The van der Waals surface area contributed by atoms with Gasteiger partial charge in [0.15, 0.2) is 5.69 Å². The van der Waals surface area contributed by atoms with Crippen LogP contribution in [0.1, 0.15) is 23.3 Å². The molecular formula is C13H14N4O3S3. The summed E-state index contributed by atoms with van der Waals surface area (Å²) in [6, 6.07) is 3.37. The van der Waals surface area contributed by atoms with Gasteiger partial charge in [0, 0.05) is 25.0 Å². The molecule has 2 aliphatic heterocycles. The van der Waals surface area contributed by atoms with Crippen LogP contribution in [0.5, 0.6) is 0 Å². The third-order valence-electron chi connectivity index (χ3n) is 4.55. The molecule has 0 N–H and O–H groups in total. The van der Waals surface area contributed by atoms with E-state index in [1.54, 1.807) is 32.1 Å². The minimum absolute atomic E-state index is 0.170. The molecule has 0 radical (unpaired) electrons. The molecule has 4 rings (SSSR count). The van der Waals surface area contributed by atoms with Crippen molar-refractivity contribution in [2.45, 2.75) is 22.6 Å². The number of amides is 1. The lowest BCUT2D eigenvalue weighted by atomic mass is 9.87. The van der Waals surface area contributed by atoms with Crippen molar-refractivity contribution in [2.75, 3.05) is 19.6 Å². The highest BCUT2D eigenvalue weighted by atomic mass is 32.2. The van der Waals surface area contributed by atoms with Crippen LogP contribution in [0.15, 0.2) is 27.1 Å². The fourth-order valence-corrected chi connectivity index (χ4v) is 6.62. The van der Waals surface area contributed by atoms with Gasteiger partial charge in [-0.3, -0.25) is 4.79 Å². The quantitative estimate of drug-likeness (QED) is 0.813. The van der Waals surface area contributed by atoms with E-state index < -0.39 is 15.6 Å². The van der Waals surface area contributed by atoms with E-state index >= 15 is 0 Å². The molecule has 0 saturated carbocycles. The first-order valence-corrected chi connectivity index (χ1v) is 10.3. The molecule has 2 aromatic rings. The van der Waals surface area contributed by atoms with Crippen molar-refractivity contribution in [3.05, 3.63) is 28.6 Å². The zero-order valence-electron chi connectivity index (χ0n) is 12.1. The van der Waals surface area contributed by atoms with Crippen LogP contribution in [0.2, 0.25) is 0 Å². The van der Waals surface area contributed by atoms with Crippen LogP contribution in [0, 0.1) is 0 Å². The molecule has 2 saturated heterocycles. The molecule has 23 heavy (non-hydrogen) atoms. The number of aromatic nitrogens is 2. The van der Waals surface area contributed by atoms with Gasteiger partial charge in [-0.05, 0) is 35.8 Å². The Balaban J connectivity index is 1.56. The predicted octanol–water partition coefficient (Wildman–Crippen LogP) is 1.28.